The Morgan fingerprint density at radius 1 is 1.21 bits per heavy atom. The molecule has 5 heteroatoms. The molecule has 0 bridgehead atoms. The number of ether oxygens (including phenoxy) is 4. The number of hydrogen-bond donors (Lipinski definition) is 1. The summed E-state index contributed by atoms with van der Waals surface area (Å²) in [7, 11) is 3.09. The molecule has 1 aliphatic rings. The molecule has 0 aromatic heterocycles. The molecule has 0 aromatic carbocycles. The van der Waals surface area contributed by atoms with Crippen molar-refractivity contribution in [3.05, 3.63) is 0 Å². The molecule has 1 heterocycles. The van der Waals surface area contributed by atoms with Crippen LogP contribution in [0, 0.1) is 0 Å². The largest absolute Gasteiger partial charge is 0.379 e. The predicted octanol–water partition coefficient (Wildman–Crippen LogP) is -0.230. The molecule has 0 saturated carbocycles. The van der Waals surface area contributed by atoms with Crippen LogP contribution < -0.4 is 0 Å². The predicted molar refractivity (Wildman–Crippen MR) is 49.0 cm³/mol. The summed E-state index contributed by atoms with van der Waals surface area (Å²) >= 11 is 0. The van der Waals surface area contributed by atoms with E-state index in [1.807, 2.05) is 6.92 Å². The lowest BCUT2D eigenvalue weighted by Crippen LogP contribution is -2.37. The van der Waals surface area contributed by atoms with Crippen molar-refractivity contribution in [2.24, 2.45) is 0 Å². The van der Waals surface area contributed by atoms with Crippen molar-refractivity contribution in [3.63, 3.8) is 0 Å². The molecule has 1 fully saturated rings. The Kier molecular flexibility index (Phi) is 4.77. The Hall–Kier alpha value is -0.200. The first-order chi connectivity index (χ1) is 6.74. The molecule has 0 unspecified atom stereocenters. The van der Waals surface area contributed by atoms with Gasteiger partial charge in [-0.05, 0) is 6.92 Å². The molecule has 4 atom stereocenters. The number of hydrogen-bond acceptors (Lipinski definition) is 5. The van der Waals surface area contributed by atoms with Crippen LogP contribution in [-0.2, 0) is 18.9 Å². The van der Waals surface area contributed by atoms with Gasteiger partial charge >= 0.3 is 0 Å². The lowest BCUT2D eigenvalue weighted by Gasteiger charge is -2.19. The Labute approximate surface area is 83.9 Å². The van der Waals surface area contributed by atoms with Crippen molar-refractivity contribution in [1.82, 2.24) is 0 Å². The molecule has 1 rings (SSSR count). The van der Waals surface area contributed by atoms with Gasteiger partial charge in [0, 0.05) is 20.8 Å². The van der Waals surface area contributed by atoms with Gasteiger partial charge in [-0.25, -0.2) is 0 Å². The standard InChI is InChI=1S/C9H18O5/c1-4-13-5-6-7(11-2)8(12-3)9(10)14-6/h6-10H,4-5H2,1-3H3/t6-,7-,8+,9-/m0/s1. The number of rotatable bonds is 5. The third-order valence-corrected chi connectivity index (χ3v) is 2.32. The van der Waals surface area contributed by atoms with E-state index in [0.29, 0.717) is 13.2 Å². The highest BCUT2D eigenvalue weighted by Gasteiger charge is 2.44. The summed E-state index contributed by atoms with van der Waals surface area (Å²) in [5.74, 6) is 0. The highest BCUT2D eigenvalue weighted by atomic mass is 16.7. The fourth-order valence-corrected chi connectivity index (χ4v) is 1.61. The van der Waals surface area contributed by atoms with Gasteiger partial charge in [-0.15, -0.1) is 0 Å². The quantitative estimate of drug-likeness (QED) is 0.673. The van der Waals surface area contributed by atoms with Crippen molar-refractivity contribution < 1.29 is 24.1 Å². The SMILES string of the molecule is CCOC[C@@H]1O[C@H](O)[C@H](OC)[C@H]1OC. The maximum absolute atomic E-state index is 9.48. The summed E-state index contributed by atoms with van der Waals surface area (Å²) in [5, 5.41) is 9.48. The minimum Gasteiger partial charge on any atom is -0.379 e. The van der Waals surface area contributed by atoms with Crippen LogP contribution in [0.5, 0.6) is 0 Å². The van der Waals surface area contributed by atoms with E-state index >= 15 is 0 Å². The fourth-order valence-electron chi connectivity index (χ4n) is 1.61. The fraction of sp³-hybridized carbons (Fsp3) is 1.00. The molecule has 1 N–H and O–H groups in total. The first kappa shape index (κ1) is 11.9. The number of aliphatic hydroxyl groups is 1. The third kappa shape index (κ3) is 2.43. The molecule has 0 spiro atoms. The molecule has 0 aromatic rings. The minimum absolute atomic E-state index is 0.264. The van der Waals surface area contributed by atoms with Gasteiger partial charge in [0.25, 0.3) is 0 Å². The first-order valence-corrected chi connectivity index (χ1v) is 4.71. The normalized spacial score (nSPS) is 37.7. The molecule has 0 amide bonds. The van der Waals surface area contributed by atoms with Crippen LogP contribution >= 0.6 is 0 Å². The summed E-state index contributed by atoms with van der Waals surface area (Å²) in [4.78, 5) is 0. The van der Waals surface area contributed by atoms with E-state index in [4.69, 9.17) is 18.9 Å². The average Bonchev–Trinajstić information content (AvgIpc) is 2.50. The van der Waals surface area contributed by atoms with E-state index < -0.39 is 12.4 Å². The Balaban J connectivity index is 2.51. The van der Waals surface area contributed by atoms with Crippen molar-refractivity contribution in [2.45, 2.75) is 31.5 Å². The lowest BCUT2D eigenvalue weighted by molar-refractivity contribution is -0.142. The molecule has 84 valence electrons. The molecule has 14 heavy (non-hydrogen) atoms. The maximum atomic E-state index is 9.48. The van der Waals surface area contributed by atoms with Crippen LogP contribution in [-0.4, -0.2) is 57.1 Å². The lowest BCUT2D eigenvalue weighted by atomic mass is 10.1. The minimum atomic E-state index is -0.935. The van der Waals surface area contributed by atoms with E-state index in [2.05, 4.69) is 0 Å². The summed E-state index contributed by atoms with van der Waals surface area (Å²) in [6, 6.07) is 0. The highest BCUT2D eigenvalue weighted by molar-refractivity contribution is 4.88. The Morgan fingerprint density at radius 2 is 1.86 bits per heavy atom. The van der Waals surface area contributed by atoms with Crippen molar-refractivity contribution in [3.8, 4) is 0 Å². The summed E-state index contributed by atoms with van der Waals surface area (Å²) in [6.45, 7) is 2.93. The Morgan fingerprint density at radius 3 is 2.36 bits per heavy atom. The molecule has 1 aliphatic heterocycles. The number of methoxy groups -OCH3 is 2. The Bertz CT molecular complexity index is 163. The third-order valence-electron chi connectivity index (χ3n) is 2.32. The van der Waals surface area contributed by atoms with Gasteiger partial charge in [0.15, 0.2) is 6.29 Å². The van der Waals surface area contributed by atoms with E-state index in [-0.39, 0.29) is 12.2 Å². The summed E-state index contributed by atoms with van der Waals surface area (Å²) in [5.41, 5.74) is 0. The van der Waals surface area contributed by atoms with Gasteiger partial charge in [0.1, 0.15) is 18.3 Å². The second kappa shape index (κ2) is 5.63. The van der Waals surface area contributed by atoms with Gasteiger partial charge in [-0.1, -0.05) is 0 Å². The van der Waals surface area contributed by atoms with Gasteiger partial charge in [-0.2, -0.15) is 0 Å². The molecule has 0 radical (unpaired) electrons. The van der Waals surface area contributed by atoms with E-state index in [1.54, 1.807) is 7.11 Å². The topological polar surface area (TPSA) is 57.2 Å². The molecule has 5 nitrogen and oxygen atoms in total. The first-order valence-electron chi connectivity index (χ1n) is 4.71. The molecule has 0 aliphatic carbocycles. The van der Waals surface area contributed by atoms with Crippen LogP contribution in [0.3, 0.4) is 0 Å². The highest BCUT2D eigenvalue weighted by Crippen LogP contribution is 2.24. The maximum Gasteiger partial charge on any atom is 0.184 e. The van der Waals surface area contributed by atoms with Crippen LogP contribution in [0.25, 0.3) is 0 Å². The average molecular weight is 206 g/mol. The van der Waals surface area contributed by atoms with Gasteiger partial charge in [0.2, 0.25) is 0 Å². The van der Waals surface area contributed by atoms with Gasteiger partial charge < -0.3 is 24.1 Å². The zero-order valence-electron chi connectivity index (χ0n) is 8.80. The van der Waals surface area contributed by atoms with Crippen molar-refractivity contribution in [2.75, 3.05) is 27.4 Å². The van der Waals surface area contributed by atoms with Crippen LogP contribution in [0.1, 0.15) is 6.92 Å². The monoisotopic (exact) mass is 206 g/mol. The van der Waals surface area contributed by atoms with E-state index in [9.17, 15) is 5.11 Å². The van der Waals surface area contributed by atoms with Crippen LogP contribution in [0.2, 0.25) is 0 Å². The van der Waals surface area contributed by atoms with Gasteiger partial charge in [-0.3, -0.25) is 0 Å². The molecular weight excluding hydrogens is 188 g/mol. The smallest absolute Gasteiger partial charge is 0.184 e. The molecule has 1 saturated heterocycles. The summed E-state index contributed by atoms with van der Waals surface area (Å²) < 4.78 is 20.8. The number of aliphatic hydroxyl groups excluding tert-OH is 1. The summed E-state index contributed by atoms with van der Waals surface area (Å²) in [6.07, 6.45) is -1.91. The van der Waals surface area contributed by atoms with E-state index in [1.165, 1.54) is 7.11 Å². The zero-order valence-corrected chi connectivity index (χ0v) is 8.80. The van der Waals surface area contributed by atoms with Gasteiger partial charge in [0.05, 0.1) is 6.61 Å². The van der Waals surface area contributed by atoms with Crippen molar-refractivity contribution >= 4 is 0 Å². The second-order valence-electron chi connectivity index (χ2n) is 3.13. The van der Waals surface area contributed by atoms with Crippen LogP contribution in [0.15, 0.2) is 0 Å². The molecular formula is C9H18O5. The van der Waals surface area contributed by atoms with Crippen LogP contribution in [0.4, 0.5) is 0 Å². The van der Waals surface area contributed by atoms with Crippen molar-refractivity contribution in [1.29, 1.82) is 0 Å². The van der Waals surface area contributed by atoms with E-state index in [0.717, 1.165) is 0 Å². The zero-order chi connectivity index (χ0) is 10.6. The second-order valence-corrected chi connectivity index (χ2v) is 3.13.